The lowest BCUT2D eigenvalue weighted by molar-refractivity contribution is 0.341. The highest BCUT2D eigenvalue weighted by Crippen LogP contribution is 2.21. The van der Waals surface area contributed by atoms with Crippen LogP contribution in [-0.4, -0.2) is 16.7 Å². The standard InChI is InChI=1S/C14H17N3O/c1-10-4-2-5-11(8-10)9-13-16-14(18-17-13)12-6-3-7-15-12/h2,4-5,8,12,15H,3,6-7,9H2,1H3. The Kier molecular flexibility index (Phi) is 3.11. The first-order chi connectivity index (χ1) is 8.81. The summed E-state index contributed by atoms with van der Waals surface area (Å²) in [7, 11) is 0. The second-order valence-corrected chi connectivity index (χ2v) is 4.86. The monoisotopic (exact) mass is 243 g/mol. The molecule has 3 rings (SSSR count). The van der Waals surface area contributed by atoms with Crippen LogP contribution >= 0.6 is 0 Å². The number of aromatic nitrogens is 2. The molecule has 0 radical (unpaired) electrons. The van der Waals surface area contributed by atoms with E-state index in [1.807, 2.05) is 0 Å². The number of nitrogens with zero attached hydrogens (tertiary/aromatic N) is 2. The van der Waals surface area contributed by atoms with E-state index in [1.165, 1.54) is 17.5 Å². The van der Waals surface area contributed by atoms with Crippen LogP contribution in [0.25, 0.3) is 0 Å². The van der Waals surface area contributed by atoms with Gasteiger partial charge in [0.05, 0.1) is 6.04 Å². The van der Waals surface area contributed by atoms with Gasteiger partial charge in [0.15, 0.2) is 5.82 Å². The lowest BCUT2D eigenvalue weighted by Crippen LogP contribution is -2.13. The Morgan fingerprint density at radius 2 is 2.39 bits per heavy atom. The zero-order valence-corrected chi connectivity index (χ0v) is 10.5. The van der Waals surface area contributed by atoms with E-state index in [-0.39, 0.29) is 6.04 Å². The van der Waals surface area contributed by atoms with Crippen LogP contribution in [-0.2, 0) is 6.42 Å². The third kappa shape index (κ3) is 2.43. The molecule has 18 heavy (non-hydrogen) atoms. The molecule has 0 spiro atoms. The van der Waals surface area contributed by atoms with Crippen molar-refractivity contribution in [2.24, 2.45) is 0 Å². The summed E-state index contributed by atoms with van der Waals surface area (Å²) in [4.78, 5) is 4.48. The number of rotatable bonds is 3. The summed E-state index contributed by atoms with van der Waals surface area (Å²) in [6.45, 7) is 3.13. The maximum atomic E-state index is 5.33. The van der Waals surface area contributed by atoms with Crippen molar-refractivity contribution in [3.63, 3.8) is 0 Å². The summed E-state index contributed by atoms with van der Waals surface area (Å²) >= 11 is 0. The SMILES string of the molecule is Cc1cccc(Cc2noc(C3CCCN3)n2)c1. The fourth-order valence-electron chi connectivity index (χ4n) is 2.38. The summed E-state index contributed by atoms with van der Waals surface area (Å²) in [6.07, 6.45) is 3.00. The van der Waals surface area contributed by atoms with E-state index < -0.39 is 0 Å². The zero-order chi connectivity index (χ0) is 12.4. The van der Waals surface area contributed by atoms with Crippen molar-refractivity contribution in [3.05, 3.63) is 47.1 Å². The highest BCUT2D eigenvalue weighted by Gasteiger charge is 2.22. The Balaban J connectivity index is 1.73. The van der Waals surface area contributed by atoms with Crippen molar-refractivity contribution in [1.29, 1.82) is 0 Å². The van der Waals surface area contributed by atoms with Crippen LogP contribution in [0, 0.1) is 6.92 Å². The van der Waals surface area contributed by atoms with Crippen molar-refractivity contribution in [2.75, 3.05) is 6.54 Å². The summed E-state index contributed by atoms with van der Waals surface area (Å²) in [5.74, 6) is 1.50. The van der Waals surface area contributed by atoms with Crippen molar-refractivity contribution in [1.82, 2.24) is 15.5 Å². The minimum atomic E-state index is 0.253. The number of hydrogen-bond donors (Lipinski definition) is 1. The molecule has 2 aromatic rings. The van der Waals surface area contributed by atoms with E-state index in [4.69, 9.17) is 4.52 Å². The second kappa shape index (κ2) is 4.90. The Bertz CT molecular complexity index is 529. The van der Waals surface area contributed by atoms with Crippen molar-refractivity contribution < 1.29 is 4.52 Å². The lowest BCUT2D eigenvalue weighted by Gasteiger charge is -2.01. The normalized spacial score (nSPS) is 19.3. The molecular formula is C14H17N3O. The van der Waals surface area contributed by atoms with E-state index in [0.29, 0.717) is 0 Å². The van der Waals surface area contributed by atoms with Gasteiger partial charge in [-0.05, 0) is 31.9 Å². The van der Waals surface area contributed by atoms with Gasteiger partial charge in [0.25, 0.3) is 0 Å². The molecule has 4 nitrogen and oxygen atoms in total. The predicted octanol–water partition coefficient (Wildman–Crippen LogP) is 2.39. The molecule has 1 fully saturated rings. The average molecular weight is 243 g/mol. The van der Waals surface area contributed by atoms with Crippen LogP contribution in [0.5, 0.6) is 0 Å². The average Bonchev–Trinajstić information content (AvgIpc) is 2.98. The molecule has 0 bridgehead atoms. The molecule has 1 aliphatic heterocycles. The largest absolute Gasteiger partial charge is 0.338 e. The molecule has 0 aliphatic carbocycles. The fourth-order valence-corrected chi connectivity index (χ4v) is 2.38. The van der Waals surface area contributed by atoms with Crippen LogP contribution < -0.4 is 5.32 Å². The van der Waals surface area contributed by atoms with Crippen LogP contribution in [0.4, 0.5) is 0 Å². The highest BCUT2D eigenvalue weighted by atomic mass is 16.5. The molecule has 1 N–H and O–H groups in total. The van der Waals surface area contributed by atoms with E-state index in [9.17, 15) is 0 Å². The first-order valence-electron chi connectivity index (χ1n) is 6.43. The van der Waals surface area contributed by atoms with Crippen molar-refractivity contribution >= 4 is 0 Å². The fraction of sp³-hybridized carbons (Fsp3) is 0.429. The van der Waals surface area contributed by atoms with Gasteiger partial charge >= 0.3 is 0 Å². The third-order valence-corrected chi connectivity index (χ3v) is 3.29. The quantitative estimate of drug-likeness (QED) is 0.899. The highest BCUT2D eigenvalue weighted by molar-refractivity contribution is 5.24. The number of benzene rings is 1. The van der Waals surface area contributed by atoms with E-state index in [2.05, 4.69) is 46.6 Å². The number of nitrogens with one attached hydrogen (secondary N) is 1. The summed E-state index contributed by atoms with van der Waals surface area (Å²) in [5.41, 5.74) is 2.48. The number of aryl methyl sites for hydroxylation is 1. The van der Waals surface area contributed by atoms with E-state index in [1.54, 1.807) is 0 Å². The molecule has 0 amide bonds. The van der Waals surface area contributed by atoms with Gasteiger partial charge in [-0.15, -0.1) is 0 Å². The smallest absolute Gasteiger partial charge is 0.243 e. The Labute approximate surface area is 106 Å². The van der Waals surface area contributed by atoms with Crippen LogP contribution in [0.1, 0.15) is 41.7 Å². The zero-order valence-electron chi connectivity index (χ0n) is 10.5. The lowest BCUT2D eigenvalue weighted by atomic mass is 10.1. The van der Waals surface area contributed by atoms with Crippen molar-refractivity contribution in [2.45, 2.75) is 32.2 Å². The maximum absolute atomic E-state index is 5.33. The van der Waals surface area contributed by atoms with E-state index >= 15 is 0 Å². The van der Waals surface area contributed by atoms with Crippen LogP contribution in [0.3, 0.4) is 0 Å². The van der Waals surface area contributed by atoms with Gasteiger partial charge in [0.2, 0.25) is 5.89 Å². The third-order valence-electron chi connectivity index (χ3n) is 3.29. The molecular weight excluding hydrogens is 226 g/mol. The summed E-state index contributed by atoms with van der Waals surface area (Å²) in [5, 5.41) is 7.42. The molecule has 1 unspecified atom stereocenters. The Morgan fingerprint density at radius 1 is 1.44 bits per heavy atom. The van der Waals surface area contributed by atoms with Gasteiger partial charge in [0.1, 0.15) is 0 Å². The molecule has 1 aromatic carbocycles. The van der Waals surface area contributed by atoms with Crippen LogP contribution in [0.2, 0.25) is 0 Å². The van der Waals surface area contributed by atoms with Gasteiger partial charge in [0, 0.05) is 6.42 Å². The van der Waals surface area contributed by atoms with Gasteiger partial charge in [-0.2, -0.15) is 4.98 Å². The van der Waals surface area contributed by atoms with Crippen molar-refractivity contribution in [3.8, 4) is 0 Å². The van der Waals surface area contributed by atoms with Crippen LogP contribution in [0.15, 0.2) is 28.8 Å². The Morgan fingerprint density at radius 3 is 3.17 bits per heavy atom. The first kappa shape index (κ1) is 11.4. The minimum Gasteiger partial charge on any atom is -0.338 e. The minimum absolute atomic E-state index is 0.253. The van der Waals surface area contributed by atoms with Gasteiger partial charge in [-0.25, -0.2) is 0 Å². The molecule has 0 saturated carbocycles. The second-order valence-electron chi connectivity index (χ2n) is 4.86. The maximum Gasteiger partial charge on any atom is 0.243 e. The number of hydrogen-bond acceptors (Lipinski definition) is 4. The molecule has 1 aromatic heterocycles. The molecule has 1 saturated heterocycles. The molecule has 1 atom stereocenters. The summed E-state index contributed by atoms with van der Waals surface area (Å²) < 4.78 is 5.33. The molecule has 4 heteroatoms. The summed E-state index contributed by atoms with van der Waals surface area (Å²) in [6, 6.07) is 8.65. The van der Waals surface area contributed by atoms with Gasteiger partial charge < -0.3 is 9.84 Å². The molecule has 2 heterocycles. The van der Waals surface area contributed by atoms with Gasteiger partial charge in [-0.1, -0.05) is 35.0 Å². The molecule has 94 valence electrons. The first-order valence-corrected chi connectivity index (χ1v) is 6.43. The topological polar surface area (TPSA) is 51.0 Å². The molecule has 1 aliphatic rings. The van der Waals surface area contributed by atoms with Gasteiger partial charge in [-0.3, -0.25) is 0 Å². The Hall–Kier alpha value is -1.68. The predicted molar refractivity (Wildman–Crippen MR) is 68.3 cm³/mol. The van der Waals surface area contributed by atoms with E-state index in [0.717, 1.165) is 31.1 Å².